The first-order chi connectivity index (χ1) is 8.69. The van der Waals surface area contributed by atoms with Crippen LogP contribution in [0.15, 0.2) is 0 Å². The number of carboxylic acid groups (broad SMARTS) is 3. The second kappa shape index (κ2) is 12.8. The Labute approximate surface area is 125 Å². The van der Waals surface area contributed by atoms with Crippen LogP contribution >= 0.6 is 0 Å². The summed E-state index contributed by atoms with van der Waals surface area (Å²) in [6, 6.07) is 0. The maximum atomic E-state index is 10.1. The average molecular weight is 334 g/mol. The zero-order valence-electron chi connectivity index (χ0n) is 10.5. The van der Waals surface area contributed by atoms with Crippen LogP contribution in [0.2, 0.25) is 0 Å². The number of unbranched alkanes of at least 4 members (excludes halogenated alkanes) is 1. The SMILES string of the molecule is NCCCCO.O=C([O-])CC(O)(CC(=O)[O-])C(=O)[O-].[Fe+3]. The number of hydrogen-bond donors (Lipinski definition) is 3. The van der Waals surface area contributed by atoms with E-state index in [2.05, 4.69) is 0 Å². The first kappa shape index (κ1) is 23.9. The quantitative estimate of drug-likeness (QED) is 0.287. The first-order valence-corrected chi connectivity index (χ1v) is 5.34. The van der Waals surface area contributed by atoms with Crippen LogP contribution in [0.1, 0.15) is 25.7 Å². The summed E-state index contributed by atoms with van der Waals surface area (Å²) in [7, 11) is 0. The van der Waals surface area contributed by atoms with Gasteiger partial charge >= 0.3 is 17.1 Å². The Morgan fingerprint density at radius 2 is 1.40 bits per heavy atom. The summed E-state index contributed by atoms with van der Waals surface area (Å²) in [5.74, 6) is -5.98. The number of aliphatic carboxylic acids is 3. The predicted molar refractivity (Wildman–Crippen MR) is 54.6 cm³/mol. The Balaban J connectivity index is -0.000000352. The molecule has 0 aliphatic heterocycles. The molecule has 0 amide bonds. The minimum Gasteiger partial charge on any atom is -0.550 e. The monoisotopic (exact) mass is 334 g/mol. The summed E-state index contributed by atoms with van der Waals surface area (Å²) >= 11 is 0. The van der Waals surface area contributed by atoms with Crippen molar-refractivity contribution in [1.29, 1.82) is 0 Å². The van der Waals surface area contributed by atoms with E-state index in [0.29, 0.717) is 6.54 Å². The molecule has 0 heterocycles. The minimum absolute atomic E-state index is 0. The van der Waals surface area contributed by atoms with Crippen molar-refractivity contribution in [2.45, 2.75) is 31.3 Å². The number of hydrogen-bond acceptors (Lipinski definition) is 9. The largest absolute Gasteiger partial charge is 3.00 e. The van der Waals surface area contributed by atoms with Crippen molar-refractivity contribution in [3.63, 3.8) is 0 Å². The molecule has 9 nitrogen and oxygen atoms in total. The Bertz CT molecular complexity index is 290. The minimum atomic E-state index is -2.97. The molecule has 0 aliphatic carbocycles. The van der Waals surface area contributed by atoms with Crippen LogP contribution < -0.4 is 21.1 Å². The summed E-state index contributed by atoms with van der Waals surface area (Å²) in [5.41, 5.74) is 2.13. The van der Waals surface area contributed by atoms with Gasteiger partial charge in [0.05, 0.1) is 5.97 Å². The van der Waals surface area contributed by atoms with Gasteiger partial charge in [0, 0.05) is 31.4 Å². The molecule has 0 atom stereocenters. The zero-order valence-corrected chi connectivity index (χ0v) is 11.6. The number of rotatable bonds is 8. The van der Waals surface area contributed by atoms with Crippen LogP contribution in [0.5, 0.6) is 0 Å². The van der Waals surface area contributed by atoms with Crippen LogP contribution in [0.4, 0.5) is 0 Å². The Hall–Kier alpha value is -1.19. The molecule has 117 valence electrons. The van der Waals surface area contributed by atoms with Crippen LogP contribution in [-0.4, -0.2) is 46.9 Å². The zero-order chi connectivity index (χ0) is 15.5. The molecule has 0 fully saturated rings. The Morgan fingerprint density at radius 3 is 1.55 bits per heavy atom. The molecule has 0 saturated heterocycles. The second-order valence-electron chi connectivity index (χ2n) is 3.64. The Morgan fingerprint density at radius 1 is 1.00 bits per heavy atom. The average Bonchev–Trinajstić information content (AvgIpc) is 2.24. The maximum absolute atomic E-state index is 10.1. The number of aliphatic hydroxyl groups excluding tert-OH is 1. The molecular formula is C10H16FeNO8. The van der Waals surface area contributed by atoms with E-state index in [1.807, 2.05) is 0 Å². The topological polar surface area (TPSA) is 187 Å². The predicted octanol–water partition coefficient (Wildman–Crippen LogP) is -5.54. The summed E-state index contributed by atoms with van der Waals surface area (Å²) in [6.07, 6.45) is -0.931. The van der Waals surface area contributed by atoms with Gasteiger partial charge < -0.3 is 45.6 Å². The molecular weight excluding hydrogens is 318 g/mol. The van der Waals surface area contributed by atoms with Crippen molar-refractivity contribution in [2.24, 2.45) is 5.73 Å². The molecule has 0 aromatic carbocycles. The van der Waals surface area contributed by atoms with E-state index in [-0.39, 0.29) is 23.7 Å². The molecule has 0 saturated carbocycles. The third-order valence-electron chi connectivity index (χ3n) is 1.87. The van der Waals surface area contributed by atoms with Gasteiger partial charge in [0.2, 0.25) is 0 Å². The van der Waals surface area contributed by atoms with Crippen LogP contribution in [0.3, 0.4) is 0 Å². The van der Waals surface area contributed by atoms with Gasteiger partial charge in [-0.25, -0.2) is 0 Å². The van der Waals surface area contributed by atoms with Gasteiger partial charge in [-0.2, -0.15) is 0 Å². The van der Waals surface area contributed by atoms with Gasteiger partial charge in [-0.3, -0.25) is 0 Å². The van der Waals surface area contributed by atoms with Gasteiger partial charge in [0.1, 0.15) is 5.60 Å². The van der Waals surface area contributed by atoms with Gasteiger partial charge in [-0.05, 0) is 19.4 Å². The molecule has 0 aliphatic rings. The molecule has 1 radical (unpaired) electrons. The summed E-state index contributed by atoms with van der Waals surface area (Å²) in [5, 5.41) is 47.1. The van der Waals surface area contributed by atoms with Gasteiger partial charge in [-0.1, -0.05) is 0 Å². The van der Waals surface area contributed by atoms with E-state index < -0.39 is 36.4 Å². The van der Waals surface area contributed by atoms with Gasteiger partial charge in [0.25, 0.3) is 0 Å². The van der Waals surface area contributed by atoms with E-state index in [0.717, 1.165) is 12.8 Å². The van der Waals surface area contributed by atoms with Crippen molar-refractivity contribution in [3.8, 4) is 0 Å². The van der Waals surface area contributed by atoms with Crippen LogP contribution in [-0.2, 0) is 31.5 Å². The molecule has 0 aromatic rings. The third-order valence-corrected chi connectivity index (χ3v) is 1.87. The molecule has 0 unspecified atom stereocenters. The van der Waals surface area contributed by atoms with Crippen molar-refractivity contribution >= 4 is 17.9 Å². The number of nitrogens with two attached hydrogens (primary N) is 1. The molecule has 20 heavy (non-hydrogen) atoms. The molecule has 10 heteroatoms. The first-order valence-electron chi connectivity index (χ1n) is 5.34. The standard InChI is InChI=1S/C6H8O7.C4H11NO.Fe/c7-3(8)1-6(13,5(11)12)2-4(9)10;5-3-1-2-4-6;/h13H,1-2H2,(H,7,8)(H,9,10)(H,11,12);6H,1-5H2;/q;;+3/p-3. The third kappa shape index (κ3) is 13.2. The molecule has 4 N–H and O–H groups in total. The second-order valence-corrected chi connectivity index (χ2v) is 3.64. The fraction of sp³-hybridized carbons (Fsp3) is 0.700. The van der Waals surface area contributed by atoms with E-state index in [1.54, 1.807) is 0 Å². The number of carbonyl (C=O) groups is 3. The fourth-order valence-corrected chi connectivity index (χ4v) is 0.941. The fourth-order valence-electron chi connectivity index (χ4n) is 0.941. The molecule has 0 aromatic heterocycles. The maximum Gasteiger partial charge on any atom is 3.00 e. The van der Waals surface area contributed by atoms with E-state index in [4.69, 9.17) is 15.9 Å². The van der Waals surface area contributed by atoms with Crippen molar-refractivity contribution in [2.75, 3.05) is 13.2 Å². The van der Waals surface area contributed by atoms with Crippen molar-refractivity contribution < 1.29 is 57.0 Å². The van der Waals surface area contributed by atoms with Crippen LogP contribution in [0, 0.1) is 0 Å². The van der Waals surface area contributed by atoms with Crippen LogP contribution in [0.25, 0.3) is 0 Å². The molecule has 0 rings (SSSR count). The number of aliphatic hydroxyl groups is 2. The molecule has 0 bridgehead atoms. The Kier molecular flexibility index (Phi) is 15.3. The number of carboxylic acids is 3. The summed E-state index contributed by atoms with van der Waals surface area (Å²) < 4.78 is 0. The molecule has 0 spiro atoms. The van der Waals surface area contributed by atoms with E-state index >= 15 is 0 Å². The normalized spacial score (nSPS) is 9.75. The van der Waals surface area contributed by atoms with E-state index in [1.165, 1.54) is 0 Å². The smallest absolute Gasteiger partial charge is 0.550 e. The van der Waals surface area contributed by atoms with Gasteiger partial charge in [0.15, 0.2) is 0 Å². The number of carbonyl (C=O) groups excluding carboxylic acids is 3. The summed E-state index contributed by atoms with van der Waals surface area (Å²) in [6.45, 7) is 0.970. The van der Waals surface area contributed by atoms with Crippen molar-refractivity contribution in [3.05, 3.63) is 0 Å². The van der Waals surface area contributed by atoms with Gasteiger partial charge in [-0.15, -0.1) is 0 Å². The van der Waals surface area contributed by atoms with Crippen molar-refractivity contribution in [1.82, 2.24) is 0 Å². The summed E-state index contributed by atoms with van der Waals surface area (Å²) in [4.78, 5) is 30.0. The van der Waals surface area contributed by atoms with E-state index in [9.17, 15) is 29.7 Å².